The molecule has 0 aliphatic carbocycles. The number of carboxylic acid groups (broad SMARTS) is 1. The Labute approximate surface area is 117 Å². The van der Waals surface area contributed by atoms with Gasteiger partial charge in [-0.2, -0.15) is 0 Å². The Hall–Kier alpha value is -2.11. The van der Waals surface area contributed by atoms with Gasteiger partial charge < -0.3 is 15.7 Å². The van der Waals surface area contributed by atoms with Gasteiger partial charge in [-0.05, 0) is 31.0 Å². The van der Waals surface area contributed by atoms with Gasteiger partial charge in [-0.1, -0.05) is 20.3 Å². The zero-order valence-corrected chi connectivity index (χ0v) is 11.7. The van der Waals surface area contributed by atoms with Crippen molar-refractivity contribution in [1.82, 2.24) is 5.32 Å². The van der Waals surface area contributed by atoms with Crippen LogP contribution in [0.25, 0.3) is 0 Å². The highest BCUT2D eigenvalue weighted by Crippen LogP contribution is 2.16. The van der Waals surface area contributed by atoms with E-state index in [1.807, 2.05) is 20.8 Å². The van der Waals surface area contributed by atoms with Gasteiger partial charge in [0.05, 0.1) is 11.3 Å². The van der Waals surface area contributed by atoms with Gasteiger partial charge >= 0.3 is 12.0 Å². The summed E-state index contributed by atoms with van der Waals surface area (Å²) < 4.78 is 13.6. The maximum absolute atomic E-state index is 13.6. The number of carbonyl (C=O) groups excluding carboxylic acids is 1. The molecule has 5 nitrogen and oxygen atoms in total. The summed E-state index contributed by atoms with van der Waals surface area (Å²) in [4.78, 5) is 22.4. The van der Waals surface area contributed by atoms with E-state index < -0.39 is 17.8 Å². The highest BCUT2D eigenvalue weighted by atomic mass is 19.1. The molecule has 6 heteroatoms. The lowest BCUT2D eigenvalue weighted by atomic mass is 10.0. The molecule has 0 fully saturated rings. The highest BCUT2D eigenvalue weighted by molar-refractivity contribution is 5.91. The number of carboxylic acids is 1. The van der Waals surface area contributed by atoms with Crippen molar-refractivity contribution < 1.29 is 19.1 Å². The summed E-state index contributed by atoms with van der Waals surface area (Å²) in [6.07, 6.45) is 0.920. The third kappa shape index (κ3) is 4.22. The Morgan fingerprint density at radius 1 is 1.35 bits per heavy atom. The molecule has 2 unspecified atom stereocenters. The zero-order valence-electron chi connectivity index (χ0n) is 11.7. The lowest BCUT2D eigenvalue weighted by Crippen LogP contribution is -2.39. The summed E-state index contributed by atoms with van der Waals surface area (Å²) in [5.74, 6) is -1.69. The van der Waals surface area contributed by atoms with Crippen LogP contribution in [0.4, 0.5) is 14.9 Å². The van der Waals surface area contributed by atoms with Crippen molar-refractivity contribution in [2.45, 2.75) is 33.2 Å². The summed E-state index contributed by atoms with van der Waals surface area (Å²) in [6.45, 7) is 5.90. The molecule has 0 aromatic heterocycles. The second kappa shape index (κ2) is 6.88. The van der Waals surface area contributed by atoms with Crippen LogP contribution >= 0.6 is 0 Å². The number of amides is 2. The maximum atomic E-state index is 13.6. The van der Waals surface area contributed by atoms with Crippen LogP contribution in [0.2, 0.25) is 0 Å². The summed E-state index contributed by atoms with van der Waals surface area (Å²) >= 11 is 0. The quantitative estimate of drug-likeness (QED) is 0.776. The maximum Gasteiger partial charge on any atom is 0.335 e. The number of rotatable bonds is 5. The first-order valence-electron chi connectivity index (χ1n) is 6.45. The molecule has 0 bridgehead atoms. The first-order valence-corrected chi connectivity index (χ1v) is 6.45. The summed E-state index contributed by atoms with van der Waals surface area (Å²) in [6, 6.07) is 2.78. The Morgan fingerprint density at radius 3 is 2.50 bits per heavy atom. The topological polar surface area (TPSA) is 78.4 Å². The average molecular weight is 282 g/mol. The standard InChI is InChI=1S/C14H19FN2O3/c1-4-8(2)9(3)16-14(20)17-12-6-5-10(13(18)19)7-11(12)15/h5-9H,4H2,1-3H3,(H,18,19)(H2,16,17,20). The molecule has 0 saturated carbocycles. The fourth-order valence-electron chi connectivity index (χ4n) is 1.61. The number of nitrogens with one attached hydrogen (secondary N) is 2. The minimum absolute atomic E-state index is 0.0404. The smallest absolute Gasteiger partial charge is 0.335 e. The number of hydrogen-bond donors (Lipinski definition) is 3. The van der Waals surface area contributed by atoms with E-state index in [-0.39, 0.29) is 17.3 Å². The fraction of sp³-hybridized carbons (Fsp3) is 0.429. The van der Waals surface area contributed by atoms with Gasteiger partial charge in [0.1, 0.15) is 5.82 Å². The number of hydrogen-bond acceptors (Lipinski definition) is 2. The second-order valence-electron chi connectivity index (χ2n) is 4.77. The first kappa shape index (κ1) is 15.9. The van der Waals surface area contributed by atoms with E-state index in [4.69, 9.17) is 5.11 Å². The van der Waals surface area contributed by atoms with Crippen molar-refractivity contribution in [2.75, 3.05) is 5.32 Å². The Kier molecular flexibility index (Phi) is 5.49. The normalized spacial score (nSPS) is 13.4. The highest BCUT2D eigenvalue weighted by Gasteiger charge is 2.15. The summed E-state index contributed by atoms with van der Waals surface area (Å²) in [5.41, 5.74) is -0.217. The summed E-state index contributed by atoms with van der Waals surface area (Å²) in [7, 11) is 0. The predicted molar refractivity (Wildman–Crippen MR) is 74.4 cm³/mol. The molecule has 3 N–H and O–H groups in total. The van der Waals surface area contributed by atoms with E-state index in [2.05, 4.69) is 10.6 Å². The van der Waals surface area contributed by atoms with Crippen LogP contribution in [-0.4, -0.2) is 23.1 Å². The van der Waals surface area contributed by atoms with Crippen LogP contribution in [-0.2, 0) is 0 Å². The second-order valence-corrected chi connectivity index (χ2v) is 4.77. The largest absolute Gasteiger partial charge is 0.478 e. The van der Waals surface area contributed by atoms with Gasteiger partial charge in [0.25, 0.3) is 0 Å². The van der Waals surface area contributed by atoms with Crippen LogP contribution in [0.1, 0.15) is 37.6 Å². The van der Waals surface area contributed by atoms with Crippen molar-refractivity contribution in [1.29, 1.82) is 0 Å². The van der Waals surface area contributed by atoms with Crippen LogP contribution in [0, 0.1) is 11.7 Å². The van der Waals surface area contributed by atoms with Gasteiger partial charge in [0, 0.05) is 6.04 Å². The monoisotopic (exact) mass is 282 g/mol. The molecule has 0 aliphatic heterocycles. The van der Waals surface area contributed by atoms with Gasteiger partial charge in [-0.25, -0.2) is 14.0 Å². The molecule has 2 atom stereocenters. The van der Waals surface area contributed by atoms with Crippen molar-refractivity contribution in [2.24, 2.45) is 5.92 Å². The predicted octanol–water partition coefficient (Wildman–Crippen LogP) is 3.08. The van der Waals surface area contributed by atoms with Crippen molar-refractivity contribution in [3.8, 4) is 0 Å². The molecule has 0 spiro atoms. The average Bonchev–Trinajstić information content (AvgIpc) is 2.39. The third-order valence-corrected chi connectivity index (χ3v) is 3.32. The molecule has 0 saturated heterocycles. The van der Waals surface area contributed by atoms with Crippen molar-refractivity contribution >= 4 is 17.7 Å². The lowest BCUT2D eigenvalue weighted by molar-refractivity contribution is 0.0696. The Balaban J connectivity index is 2.69. The van der Waals surface area contributed by atoms with Crippen LogP contribution < -0.4 is 10.6 Å². The van der Waals surface area contributed by atoms with Crippen LogP contribution in [0.3, 0.4) is 0 Å². The molecule has 110 valence electrons. The minimum atomic E-state index is -1.22. The van der Waals surface area contributed by atoms with Gasteiger partial charge in [-0.15, -0.1) is 0 Å². The third-order valence-electron chi connectivity index (χ3n) is 3.32. The molecule has 0 radical (unpaired) electrons. The molecule has 1 aromatic rings. The van der Waals surface area contributed by atoms with E-state index in [1.165, 1.54) is 12.1 Å². The number of halogens is 1. The summed E-state index contributed by atoms with van der Waals surface area (Å²) in [5, 5.41) is 13.8. The van der Waals surface area contributed by atoms with Crippen molar-refractivity contribution in [3.63, 3.8) is 0 Å². The van der Waals surface area contributed by atoms with E-state index in [0.717, 1.165) is 12.5 Å². The molecule has 1 rings (SSSR count). The van der Waals surface area contributed by atoms with Gasteiger partial charge in [0.15, 0.2) is 0 Å². The van der Waals surface area contributed by atoms with E-state index in [1.54, 1.807) is 0 Å². The Bertz CT molecular complexity index is 505. The van der Waals surface area contributed by atoms with E-state index >= 15 is 0 Å². The van der Waals surface area contributed by atoms with Gasteiger partial charge in [-0.3, -0.25) is 0 Å². The SMILES string of the molecule is CCC(C)C(C)NC(=O)Nc1ccc(C(=O)O)cc1F. The van der Waals surface area contributed by atoms with E-state index in [0.29, 0.717) is 5.92 Å². The van der Waals surface area contributed by atoms with E-state index in [9.17, 15) is 14.0 Å². The number of aromatic carboxylic acids is 1. The van der Waals surface area contributed by atoms with Crippen LogP contribution in [0.5, 0.6) is 0 Å². The molecule has 20 heavy (non-hydrogen) atoms. The number of urea groups is 1. The first-order chi connectivity index (χ1) is 9.35. The van der Waals surface area contributed by atoms with Gasteiger partial charge in [0.2, 0.25) is 0 Å². The Morgan fingerprint density at radius 2 is 2.00 bits per heavy atom. The zero-order chi connectivity index (χ0) is 15.3. The number of benzene rings is 1. The molecule has 2 amide bonds. The molecular formula is C14H19FN2O3. The molecule has 0 heterocycles. The lowest BCUT2D eigenvalue weighted by Gasteiger charge is -2.20. The number of carbonyl (C=O) groups is 2. The fourth-order valence-corrected chi connectivity index (χ4v) is 1.61. The molecule has 0 aliphatic rings. The van der Waals surface area contributed by atoms with Crippen LogP contribution in [0.15, 0.2) is 18.2 Å². The molecular weight excluding hydrogens is 263 g/mol. The van der Waals surface area contributed by atoms with Crippen molar-refractivity contribution in [3.05, 3.63) is 29.6 Å². The minimum Gasteiger partial charge on any atom is -0.478 e. The number of anilines is 1. The molecule has 1 aromatic carbocycles.